The van der Waals surface area contributed by atoms with Gasteiger partial charge >= 0.3 is 5.97 Å². The lowest BCUT2D eigenvalue weighted by molar-refractivity contribution is -0.139. The third-order valence-electron chi connectivity index (χ3n) is 2.79. The van der Waals surface area contributed by atoms with E-state index in [0.717, 1.165) is 16.7 Å². The summed E-state index contributed by atoms with van der Waals surface area (Å²) in [5.74, 6) is -0.505. The van der Waals surface area contributed by atoms with Crippen molar-refractivity contribution in [2.75, 3.05) is 13.7 Å². The number of aryl methyl sites for hydroxylation is 2. The third-order valence-corrected chi connectivity index (χ3v) is 3.49. The molecule has 0 aliphatic rings. The zero-order valence-corrected chi connectivity index (χ0v) is 12.9. The van der Waals surface area contributed by atoms with Crippen LogP contribution in [0.25, 0.3) is 0 Å². The van der Waals surface area contributed by atoms with Crippen molar-refractivity contribution in [1.29, 1.82) is 0 Å². The van der Waals surface area contributed by atoms with Gasteiger partial charge in [-0.05, 0) is 25.0 Å². The number of methoxy groups -OCH3 is 1. The lowest BCUT2D eigenvalue weighted by Crippen LogP contribution is -2.34. The van der Waals surface area contributed by atoms with Gasteiger partial charge < -0.3 is 10.1 Å². The van der Waals surface area contributed by atoms with Gasteiger partial charge in [0.15, 0.2) is 0 Å². The van der Waals surface area contributed by atoms with Gasteiger partial charge in [0, 0.05) is 6.54 Å². The first-order valence-electron chi connectivity index (χ1n) is 5.98. The summed E-state index contributed by atoms with van der Waals surface area (Å²) >= 11 is 3.15. The summed E-state index contributed by atoms with van der Waals surface area (Å²) in [7, 11) is 1.31. The quantitative estimate of drug-likeness (QED) is 0.663. The summed E-state index contributed by atoms with van der Waals surface area (Å²) in [4.78, 5) is 22.5. The molecule has 0 heterocycles. The van der Waals surface area contributed by atoms with Crippen LogP contribution in [-0.4, -0.2) is 30.4 Å². The SMILES string of the molecule is COC(=O)C(Br)CNC(=O)Cc1cc(C)ccc1C. The molecule has 0 spiro atoms. The Bertz CT molecular complexity index is 474. The van der Waals surface area contributed by atoms with Crippen LogP contribution >= 0.6 is 15.9 Å². The van der Waals surface area contributed by atoms with E-state index in [0.29, 0.717) is 6.42 Å². The number of hydrogen-bond acceptors (Lipinski definition) is 3. The Morgan fingerprint density at radius 3 is 2.68 bits per heavy atom. The van der Waals surface area contributed by atoms with Crippen LogP contribution in [0.4, 0.5) is 0 Å². The second kappa shape index (κ2) is 7.28. The number of esters is 1. The molecule has 1 N–H and O–H groups in total. The van der Waals surface area contributed by atoms with Crippen LogP contribution in [0.5, 0.6) is 0 Å². The fraction of sp³-hybridized carbons (Fsp3) is 0.429. The number of alkyl halides is 1. The van der Waals surface area contributed by atoms with Crippen LogP contribution in [-0.2, 0) is 20.7 Å². The minimum absolute atomic E-state index is 0.109. The highest BCUT2D eigenvalue weighted by Crippen LogP contribution is 2.11. The maximum absolute atomic E-state index is 11.8. The van der Waals surface area contributed by atoms with Crippen molar-refractivity contribution >= 4 is 27.8 Å². The molecule has 19 heavy (non-hydrogen) atoms. The lowest BCUT2D eigenvalue weighted by Gasteiger charge is -2.10. The van der Waals surface area contributed by atoms with E-state index in [1.807, 2.05) is 32.0 Å². The highest BCUT2D eigenvalue weighted by atomic mass is 79.9. The molecule has 0 bridgehead atoms. The fourth-order valence-electron chi connectivity index (χ4n) is 1.64. The van der Waals surface area contributed by atoms with E-state index in [4.69, 9.17) is 0 Å². The highest BCUT2D eigenvalue weighted by molar-refractivity contribution is 9.10. The Balaban J connectivity index is 2.52. The summed E-state index contributed by atoms with van der Waals surface area (Å²) < 4.78 is 4.56. The first-order valence-corrected chi connectivity index (χ1v) is 6.90. The van der Waals surface area contributed by atoms with Gasteiger partial charge in [-0.3, -0.25) is 9.59 Å². The first kappa shape index (κ1) is 15.7. The number of rotatable bonds is 5. The Morgan fingerprint density at radius 2 is 2.05 bits per heavy atom. The van der Waals surface area contributed by atoms with E-state index in [1.165, 1.54) is 7.11 Å². The molecule has 0 radical (unpaired) electrons. The number of benzene rings is 1. The van der Waals surface area contributed by atoms with Gasteiger partial charge in [-0.2, -0.15) is 0 Å². The standard InChI is InChI=1S/C14H18BrNO3/c1-9-4-5-10(2)11(6-9)7-13(17)16-8-12(15)14(18)19-3/h4-6,12H,7-8H2,1-3H3,(H,16,17). The maximum atomic E-state index is 11.8. The molecular formula is C14H18BrNO3. The minimum Gasteiger partial charge on any atom is -0.468 e. The lowest BCUT2D eigenvalue weighted by atomic mass is 10.0. The highest BCUT2D eigenvalue weighted by Gasteiger charge is 2.16. The molecule has 0 saturated carbocycles. The molecule has 1 atom stereocenters. The fourth-order valence-corrected chi connectivity index (χ4v) is 1.99. The van der Waals surface area contributed by atoms with Gasteiger partial charge in [-0.1, -0.05) is 39.7 Å². The van der Waals surface area contributed by atoms with E-state index in [-0.39, 0.29) is 12.5 Å². The zero-order chi connectivity index (χ0) is 14.4. The van der Waals surface area contributed by atoms with Crippen LogP contribution < -0.4 is 5.32 Å². The van der Waals surface area contributed by atoms with Crippen molar-refractivity contribution in [3.8, 4) is 0 Å². The number of amides is 1. The number of hydrogen-bond donors (Lipinski definition) is 1. The largest absolute Gasteiger partial charge is 0.468 e. The molecule has 4 nitrogen and oxygen atoms in total. The second-order valence-corrected chi connectivity index (χ2v) is 5.51. The predicted molar refractivity (Wildman–Crippen MR) is 77.4 cm³/mol. The molecule has 1 amide bonds. The van der Waals surface area contributed by atoms with Gasteiger partial charge in [0.05, 0.1) is 13.5 Å². The van der Waals surface area contributed by atoms with Crippen LogP contribution in [0.2, 0.25) is 0 Å². The van der Waals surface area contributed by atoms with Gasteiger partial charge in [0.2, 0.25) is 5.91 Å². The van der Waals surface area contributed by atoms with Crippen molar-refractivity contribution in [2.45, 2.75) is 25.1 Å². The Labute approximate surface area is 121 Å². The van der Waals surface area contributed by atoms with E-state index >= 15 is 0 Å². The molecule has 1 rings (SSSR count). The normalized spacial score (nSPS) is 11.8. The number of carbonyl (C=O) groups excluding carboxylic acids is 2. The molecule has 0 aliphatic carbocycles. The molecule has 1 aromatic carbocycles. The van der Waals surface area contributed by atoms with Crippen LogP contribution in [0.15, 0.2) is 18.2 Å². The summed E-state index contributed by atoms with van der Waals surface area (Å²) in [5, 5.41) is 2.71. The Hall–Kier alpha value is -1.36. The van der Waals surface area contributed by atoms with Gasteiger partial charge in [-0.15, -0.1) is 0 Å². The molecule has 0 aliphatic heterocycles. The van der Waals surface area contributed by atoms with E-state index in [1.54, 1.807) is 0 Å². The van der Waals surface area contributed by atoms with Gasteiger partial charge in [0.1, 0.15) is 4.83 Å². The summed E-state index contributed by atoms with van der Waals surface area (Å²) in [6.45, 7) is 4.19. The summed E-state index contributed by atoms with van der Waals surface area (Å²) in [6.07, 6.45) is 0.314. The predicted octanol–water partition coefficient (Wildman–Crippen LogP) is 1.90. The minimum atomic E-state index is -0.514. The number of nitrogens with one attached hydrogen (secondary N) is 1. The summed E-state index contributed by atoms with van der Waals surface area (Å²) in [5.41, 5.74) is 3.21. The van der Waals surface area contributed by atoms with Crippen molar-refractivity contribution in [3.63, 3.8) is 0 Å². The molecule has 1 unspecified atom stereocenters. The monoisotopic (exact) mass is 327 g/mol. The first-order chi connectivity index (χ1) is 8.93. The Morgan fingerprint density at radius 1 is 1.37 bits per heavy atom. The van der Waals surface area contributed by atoms with Crippen LogP contribution in [0, 0.1) is 13.8 Å². The topological polar surface area (TPSA) is 55.4 Å². The number of carbonyl (C=O) groups is 2. The molecule has 5 heteroatoms. The van der Waals surface area contributed by atoms with Crippen molar-refractivity contribution in [2.24, 2.45) is 0 Å². The second-order valence-electron chi connectivity index (χ2n) is 4.40. The average Bonchev–Trinajstić information content (AvgIpc) is 2.39. The molecule has 0 aromatic heterocycles. The molecule has 0 fully saturated rings. The van der Waals surface area contributed by atoms with E-state index < -0.39 is 10.8 Å². The van der Waals surface area contributed by atoms with E-state index in [9.17, 15) is 9.59 Å². The van der Waals surface area contributed by atoms with Crippen LogP contribution in [0.1, 0.15) is 16.7 Å². The van der Waals surface area contributed by atoms with Gasteiger partial charge in [0.25, 0.3) is 0 Å². The molecular weight excluding hydrogens is 310 g/mol. The average molecular weight is 328 g/mol. The molecule has 1 aromatic rings. The van der Waals surface area contributed by atoms with E-state index in [2.05, 4.69) is 26.0 Å². The Kier molecular flexibility index (Phi) is 6.02. The maximum Gasteiger partial charge on any atom is 0.321 e. The van der Waals surface area contributed by atoms with Crippen molar-refractivity contribution in [1.82, 2.24) is 5.32 Å². The zero-order valence-electron chi connectivity index (χ0n) is 11.3. The van der Waals surface area contributed by atoms with Crippen LogP contribution in [0.3, 0.4) is 0 Å². The third kappa shape index (κ3) is 5.03. The summed E-state index contributed by atoms with van der Waals surface area (Å²) in [6, 6.07) is 6.02. The number of ether oxygens (including phenoxy) is 1. The molecule has 104 valence electrons. The van der Waals surface area contributed by atoms with Crippen molar-refractivity contribution in [3.05, 3.63) is 34.9 Å². The number of halogens is 1. The molecule has 0 saturated heterocycles. The smallest absolute Gasteiger partial charge is 0.321 e. The van der Waals surface area contributed by atoms with Crippen molar-refractivity contribution < 1.29 is 14.3 Å². The van der Waals surface area contributed by atoms with Gasteiger partial charge in [-0.25, -0.2) is 0 Å².